The summed E-state index contributed by atoms with van der Waals surface area (Å²) >= 11 is 0. The molecule has 3 heteroatoms. The predicted octanol–water partition coefficient (Wildman–Crippen LogP) is 2.12. The van der Waals surface area contributed by atoms with Crippen molar-refractivity contribution < 1.29 is 5.11 Å². The summed E-state index contributed by atoms with van der Waals surface area (Å²) in [6.45, 7) is 7.07. The smallest absolute Gasteiger partial charge is 0.0957 e. The van der Waals surface area contributed by atoms with Crippen LogP contribution in [0.5, 0.6) is 0 Å². The van der Waals surface area contributed by atoms with Gasteiger partial charge in [0.1, 0.15) is 0 Å². The third-order valence-corrected chi connectivity index (χ3v) is 1.60. The van der Waals surface area contributed by atoms with Crippen LogP contribution >= 0.6 is 0 Å². The highest BCUT2D eigenvalue weighted by Gasteiger charge is 1.95. The molecule has 0 atom stereocenters. The van der Waals surface area contributed by atoms with Crippen LogP contribution < -0.4 is 5.73 Å². The summed E-state index contributed by atoms with van der Waals surface area (Å²) in [6, 6.07) is 0. The Balaban J connectivity index is 4.62. The summed E-state index contributed by atoms with van der Waals surface area (Å²) in [5.74, 6) is 0.825. The van der Waals surface area contributed by atoms with E-state index in [1.807, 2.05) is 13.8 Å². The topological polar surface area (TPSA) is 58.6 Å². The standard InChI is InChI=1S/C9H16N2O/c1-6(5-11-9(4)10)7(2)8(3)12/h5,12H,1-4H3,(H2,10,11)/b6-5-,8-7+. The molecule has 0 aliphatic carbocycles. The molecule has 0 saturated heterocycles. The van der Waals surface area contributed by atoms with Crippen LogP contribution in [-0.2, 0) is 0 Å². The summed E-state index contributed by atoms with van der Waals surface area (Å²) in [5, 5.41) is 9.12. The summed E-state index contributed by atoms with van der Waals surface area (Å²) in [5.41, 5.74) is 7.09. The lowest BCUT2D eigenvalue weighted by Crippen LogP contribution is -2.03. The SMILES string of the molecule is CC(N)=N/C=C(C)\C(C)=C(/C)O. The largest absolute Gasteiger partial charge is 0.512 e. The summed E-state index contributed by atoms with van der Waals surface area (Å²) < 4.78 is 0. The minimum absolute atomic E-state index is 0.314. The second kappa shape index (κ2) is 4.59. The van der Waals surface area contributed by atoms with Gasteiger partial charge >= 0.3 is 0 Å². The van der Waals surface area contributed by atoms with Gasteiger partial charge in [0.15, 0.2) is 0 Å². The van der Waals surface area contributed by atoms with Gasteiger partial charge in [0.25, 0.3) is 0 Å². The molecule has 0 fully saturated rings. The lowest BCUT2D eigenvalue weighted by atomic mass is 10.1. The van der Waals surface area contributed by atoms with Crippen molar-refractivity contribution in [2.45, 2.75) is 27.7 Å². The van der Waals surface area contributed by atoms with Gasteiger partial charge in [-0.15, -0.1) is 0 Å². The quantitative estimate of drug-likeness (QED) is 0.287. The molecule has 0 unspecified atom stereocenters. The maximum atomic E-state index is 9.12. The van der Waals surface area contributed by atoms with Gasteiger partial charge in [-0.25, -0.2) is 4.99 Å². The summed E-state index contributed by atoms with van der Waals surface area (Å²) in [4.78, 5) is 3.92. The average molecular weight is 168 g/mol. The van der Waals surface area contributed by atoms with Gasteiger partial charge in [0.05, 0.1) is 11.6 Å². The van der Waals surface area contributed by atoms with E-state index in [0.29, 0.717) is 11.6 Å². The van der Waals surface area contributed by atoms with Gasteiger partial charge in [-0.1, -0.05) is 0 Å². The minimum Gasteiger partial charge on any atom is -0.512 e. The fourth-order valence-corrected chi connectivity index (χ4v) is 0.581. The zero-order valence-electron chi connectivity index (χ0n) is 8.05. The van der Waals surface area contributed by atoms with Crippen molar-refractivity contribution in [1.82, 2.24) is 0 Å². The van der Waals surface area contributed by atoms with Crippen molar-refractivity contribution in [2.24, 2.45) is 10.7 Å². The zero-order chi connectivity index (χ0) is 9.72. The van der Waals surface area contributed by atoms with E-state index >= 15 is 0 Å². The molecule has 0 saturated carbocycles. The first-order valence-corrected chi connectivity index (χ1v) is 3.78. The van der Waals surface area contributed by atoms with Gasteiger partial charge in [-0.05, 0) is 38.8 Å². The highest BCUT2D eigenvalue weighted by Crippen LogP contribution is 2.11. The number of nitrogens with two attached hydrogens (primary N) is 1. The molecule has 0 aromatic heterocycles. The Kier molecular flexibility index (Phi) is 4.11. The Morgan fingerprint density at radius 2 is 1.75 bits per heavy atom. The molecule has 68 valence electrons. The number of aliphatic hydroxyl groups excluding tert-OH is 1. The molecule has 0 rings (SSSR count). The van der Waals surface area contributed by atoms with Crippen molar-refractivity contribution >= 4 is 5.84 Å². The maximum Gasteiger partial charge on any atom is 0.0957 e. The maximum absolute atomic E-state index is 9.12. The monoisotopic (exact) mass is 168 g/mol. The second-order valence-corrected chi connectivity index (χ2v) is 2.79. The fourth-order valence-electron chi connectivity index (χ4n) is 0.581. The molecule has 12 heavy (non-hydrogen) atoms. The molecule has 0 heterocycles. The zero-order valence-corrected chi connectivity index (χ0v) is 8.05. The van der Waals surface area contributed by atoms with Crippen LogP contribution in [0.4, 0.5) is 0 Å². The van der Waals surface area contributed by atoms with E-state index in [-0.39, 0.29) is 0 Å². The number of nitrogens with zero attached hydrogens (tertiary/aromatic N) is 1. The molecule has 0 bridgehead atoms. The summed E-state index contributed by atoms with van der Waals surface area (Å²) in [6.07, 6.45) is 1.64. The molecule has 0 radical (unpaired) electrons. The third kappa shape index (κ3) is 3.81. The number of allylic oxidation sites excluding steroid dienone is 3. The molecule has 0 amide bonds. The second-order valence-electron chi connectivity index (χ2n) is 2.79. The van der Waals surface area contributed by atoms with Gasteiger partial charge in [-0.2, -0.15) is 0 Å². The molecular weight excluding hydrogens is 152 g/mol. The number of aliphatic imine (C=N–C) groups is 1. The van der Waals surface area contributed by atoms with Crippen LogP contribution in [0.25, 0.3) is 0 Å². The van der Waals surface area contributed by atoms with Gasteiger partial charge in [-0.3, -0.25) is 0 Å². The predicted molar refractivity (Wildman–Crippen MR) is 52.1 cm³/mol. The van der Waals surface area contributed by atoms with E-state index in [1.54, 1.807) is 20.0 Å². The van der Waals surface area contributed by atoms with E-state index in [4.69, 9.17) is 10.8 Å². The number of rotatable bonds is 2. The Morgan fingerprint density at radius 3 is 2.08 bits per heavy atom. The van der Waals surface area contributed by atoms with Crippen LogP contribution in [0.1, 0.15) is 27.7 Å². The number of amidine groups is 1. The van der Waals surface area contributed by atoms with Crippen LogP contribution in [0.3, 0.4) is 0 Å². The first-order chi connectivity index (χ1) is 5.45. The first kappa shape index (κ1) is 10.8. The highest BCUT2D eigenvalue weighted by molar-refractivity contribution is 5.78. The molecule has 3 nitrogen and oxygen atoms in total. The Hall–Kier alpha value is -1.25. The van der Waals surface area contributed by atoms with E-state index in [0.717, 1.165) is 11.1 Å². The van der Waals surface area contributed by atoms with E-state index in [2.05, 4.69) is 4.99 Å². The molecule has 0 aliphatic heterocycles. The van der Waals surface area contributed by atoms with Crippen molar-refractivity contribution in [3.63, 3.8) is 0 Å². The van der Waals surface area contributed by atoms with Gasteiger partial charge in [0.2, 0.25) is 0 Å². The molecule has 0 aliphatic rings. The van der Waals surface area contributed by atoms with Crippen LogP contribution in [-0.4, -0.2) is 10.9 Å². The van der Waals surface area contributed by atoms with Crippen LogP contribution in [0, 0.1) is 0 Å². The van der Waals surface area contributed by atoms with E-state index < -0.39 is 0 Å². The number of hydrogen-bond acceptors (Lipinski definition) is 2. The Morgan fingerprint density at radius 1 is 1.25 bits per heavy atom. The van der Waals surface area contributed by atoms with Gasteiger partial charge < -0.3 is 10.8 Å². The molecule has 0 aromatic rings. The minimum atomic E-state index is 0.314. The fraction of sp³-hybridized carbons (Fsp3) is 0.444. The normalized spacial score (nSPS) is 16.0. The van der Waals surface area contributed by atoms with E-state index in [1.165, 1.54) is 0 Å². The van der Waals surface area contributed by atoms with Crippen LogP contribution in [0.2, 0.25) is 0 Å². The highest BCUT2D eigenvalue weighted by atomic mass is 16.3. The Labute approximate surface area is 73.3 Å². The van der Waals surface area contributed by atoms with Crippen molar-refractivity contribution in [3.8, 4) is 0 Å². The van der Waals surface area contributed by atoms with Crippen molar-refractivity contribution in [2.75, 3.05) is 0 Å². The number of aliphatic hydroxyl groups is 1. The lowest BCUT2D eigenvalue weighted by Gasteiger charge is -2.00. The van der Waals surface area contributed by atoms with E-state index in [9.17, 15) is 0 Å². The average Bonchev–Trinajstić information content (AvgIpc) is 1.98. The van der Waals surface area contributed by atoms with Crippen molar-refractivity contribution in [3.05, 3.63) is 23.1 Å². The lowest BCUT2D eigenvalue weighted by molar-refractivity contribution is 0.408. The number of hydrogen-bond donors (Lipinski definition) is 2. The molecule has 0 spiro atoms. The first-order valence-electron chi connectivity index (χ1n) is 3.78. The molecule has 0 aromatic carbocycles. The summed E-state index contributed by atoms with van der Waals surface area (Å²) in [7, 11) is 0. The Bertz CT molecular complexity index is 241. The third-order valence-electron chi connectivity index (χ3n) is 1.60. The van der Waals surface area contributed by atoms with Crippen LogP contribution in [0.15, 0.2) is 28.1 Å². The van der Waals surface area contributed by atoms with Crippen molar-refractivity contribution in [1.29, 1.82) is 0 Å². The van der Waals surface area contributed by atoms with Gasteiger partial charge in [0, 0.05) is 6.20 Å². The molecular formula is C9H16N2O. The molecule has 3 N–H and O–H groups in total.